The van der Waals surface area contributed by atoms with E-state index in [9.17, 15) is 0 Å². The molecule has 1 unspecified atom stereocenters. The third-order valence-electron chi connectivity index (χ3n) is 4.40. The van der Waals surface area contributed by atoms with Crippen molar-refractivity contribution >= 4 is 22.8 Å². The lowest BCUT2D eigenvalue weighted by Gasteiger charge is -2.31. The van der Waals surface area contributed by atoms with E-state index in [-0.39, 0.29) is 5.54 Å². The van der Waals surface area contributed by atoms with Gasteiger partial charge in [-0.25, -0.2) is 0 Å². The summed E-state index contributed by atoms with van der Waals surface area (Å²) in [5, 5.41) is 8.31. The summed E-state index contributed by atoms with van der Waals surface area (Å²) >= 11 is 0. The SMILES string of the molecule is Cn1ncc2c(N)nc(NCC3CCN(C(C)(C)C)C3)nc21. The zero-order chi connectivity index (χ0) is 15.9. The first-order chi connectivity index (χ1) is 10.3. The molecular weight excluding hydrogens is 278 g/mol. The average molecular weight is 303 g/mol. The van der Waals surface area contributed by atoms with E-state index < -0.39 is 0 Å². The Morgan fingerprint density at radius 1 is 1.36 bits per heavy atom. The molecule has 0 spiro atoms. The lowest BCUT2D eigenvalue weighted by Crippen LogP contribution is -2.39. The molecule has 2 aromatic heterocycles. The zero-order valence-corrected chi connectivity index (χ0v) is 13.8. The van der Waals surface area contributed by atoms with Gasteiger partial charge in [0.25, 0.3) is 0 Å². The lowest BCUT2D eigenvalue weighted by atomic mass is 10.1. The van der Waals surface area contributed by atoms with Gasteiger partial charge in [-0.1, -0.05) is 0 Å². The second kappa shape index (κ2) is 5.39. The van der Waals surface area contributed by atoms with Gasteiger partial charge >= 0.3 is 0 Å². The van der Waals surface area contributed by atoms with E-state index >= 15 is 0 Å². The Hall–Kier alpha value is -1.89. The Balaban J connectivity index is 1.66. The molecule has 3 heterocycles. The number of anilines is 2. The van der Waals surface area contributed by atoms with Gasteiger partial charge in [0.05, 0.1) is 11.6 Å². The van der Waals surface area contributed by atoms with Crippen LogP contribution in [0.1, 0.15) is 27.2 Å². The summed E-state index contributed by atoms with van der Waals surface area (Å²) in [5.41, 5.74) is 6.98. The summed E-state index contributed by atoms with van der Waals surface area (Å²) in [4.78, 5) is 11.4. The summed E-state index contributed by atoms with van der Waals surface area (Å²) in [7, 11) is 1.86. The molecule has 0 saturated carbocycles. The largest absolute Gasteiger partial charge is 0.383 e. The highest BCUT2D eigenvalue weighted by Crippen LogP contribution is 2.25. The predicted molar refractivity (Wildman–Crippen MR) is 88.6 cm³/mol. The van der Waals surface area contributed by atoms with E-state index in [1.54, 1.807) is 10.9 Å². The van der Waals surface area contributed by atoms with Crippen LogP contribution in [0.25, 0.3) is 11.0 Å². The van der Waals surface area contributed by atoms with Crippen LogP contribution in [0.4, 0.5) is 11.8 Å². The maximum atomic E-state index is 5.98. The normalized spacial score (nSPS) is 19.9. The van der Waals surface area contributed by atoms with Gasteiger partial charge in [-0.15, -0.1) is 0 Å². The van der Waals surface area contributed by atoms with Crippen LogP contribution in [0.2, 0.25) is 0 Å². The number of nitrogens with one attached hydrogen (secondary N) is 1. The van der Waals surface area contributed by atoms with Gasteiger partial charge in [0.15, 0.2) is 5.65 Å². The highest BCUT2D eigenvalue weighted by molar-refractivity contribution is 5.86. The summed E-state index contributed by atoms with van der Waals surface area (Å²) < 4.78 is 1.72. The maximum absolute atomic E-state index is 5.98. The lowest BCUT2D eigenvalue weighted by molar-refractivity contribution is 0.169. The third kappa shape index (κ3) is 2.85. The van der Waals surface area contributed by atoms with Crippen molar-refractivity contribution in [2.24, 2.45) is 13.0 Å². The molecule has 0 amide bonds. The number of rotatable bonds is 3. The van der Waals surface area contributed by atoms with Crippen LogP contribution in [0.3, 0.4) is 0 Å². The molecule has 0 aliphatic carbocycles. The number of aromatic nitrogens is 4. The van der Waals surface area contributed by atoms with Gasteiger partial charge in [0.2, 0.25) is 5.95 Å². The minimum absolute atomic E-state index is 0.239. The number of hydrogen-bond acceptors (Lipinski definition) is 6. The van der Waals surface area contributed by atoms with Crippen molar-refractivity contribution in [3.63, 3.8) is 0 Å². The zero-order valence-electron chi connectivity index (χ0n) is 13.8. The molecule has 1 saturated heterocycles. The van der Waals surface area contributed by atoms with Gasteiger partial charge in [0, 0.05) is 25.7 Å². The van der Waals surface area contributed by atoms with Gasteiger partial charge in [-0.05, 0) is 39.7 Å². The standard InChI is InChI=1S/C15H25N7/c1-15(2,3)22-6-5-10(9-22)7-17-14-19-12(16)11-8-18-21(4)13(11)20-14/h8,10H,5-7,9H2,1-4H3,(H3,16,17,19,20). The predicted octanol–water partition coefficient (Wildman–Crippen LogP) is 1.48. The average Bonchev–Trinajstić information content (AvgIpc) is 3.04. The first-order valence-electron chi connectivity index (χ1n) is 7.79. The molecule has 0 radical (unpaired) electrons. The van der Waals surface area contributed by atoms with E-state index in [1.807, 2.05) is 7.05 Å². The summed E-state index contributed by atoms with van der Waals surface area (Å²) in [6.45, 7) is 9.93. The number of nitrogen functional groups attached to an aromatic ring is 1. The van der Waals surface area contributed by atoms with Crippen LogP contribution >= 0.6 is 0 Å². The molecule has 120 valence electrons. The summed E-state index contributed by atoms with van der Waals surface area (Å²) in [6.07, 6.45) is 2.90. The highest BCUT2D eigenvalue weighted by atomic mass is 15.3. The van der Waals surface area contributed by atoms with Crippen LogP contribution in [0.5, 0.6) is 0 Å². The molecule has 2 aromatic rings. The van der Waals surface area contributed by atoms with Gasteiger partial charge < -0.3 is 11.1 Å². The van der Waals surface area contributed by atoms with Crippen molar-refractivity contribution in [1.29, 1.82) is 0 Å². The van der Waals surface area contributed by atoms with Crippen molar-refractivity contribution in [3.8, 4) is 0 Å². The van der Waals surface area contributed by atoms with Crippen LogP contribution < -0.4 is 11.1 Å². The minimum atomic E-state index is 0.239. The highest BCUT2D eigenvalue weighted by Gasteiger charge is 2.30. The van der Waals surface area contributed by atoms with Gasteiger partial charge in [-0.3, -0.25) is 9.58 Å². The smallest absolute Gasteiger partial charge is 0.226 e. The molecule has 1 fully saturated rings. The van der Waals surface area contributed by atoms with Crippen molar-refractivity contribution in [2.75, 3.05) is 30.7 Å². The fraction of sp³-hybridized carbons (Fsp3) is 0.667. The van der Waals surface area contributed by atoms with E-state index in [4.69, 9.17) is 5.73 Å². The van der Waals surface area contributed by atoms with E-state index in [0.717, 1.165) is 30.7 Å². The van der Waals surface area contributed by atoms with Crippen molar-refractivity contribution in [3.05, 3.63) is 6.20 Å². The second-order valence-electron chi connectivity index (χ2n) is 7.09. The topological polar surface area (TPSA) is 84.9 Å². The van der Waals surface area contributed by atoms with Crippen molar-refractivity contribution < 1.29 is 0 Å². The van der Waals surface area contributed by atoms with Gasteiger partial charge in [-0.2, -0.15) is 15.1 Å². The van der Waals surface area contributed by atoms with Crippen LogP contribution in [-0.2, 0) is 7.05 Å². The molecule has 7 nitrogen and oxygen atoms in total. The second-order valence-corrected chi connectivity index (χ2v) is 7.09. The maximum Gasteiger partial charge on any atom is 0.226 e. The Kier molecular flexibility index (Phi) is 3.68. The molecule has 7 heteroatoms. The first-order valence-corrected chi connectivity index (χ1v) is 7.79. The summed E-state index contributed by atoms with van der Waals surface area (Å²) in [5.74, 6) is 1.68. The Morgan fingerprint density at radius 2 is 2.14 bits per heavy atom. The van der Waals surface area contributed by atoms with E-state index in [1.165, 1.54) is 6.42 Å². The molecule has 0 bridgehead atoms. The van der Waals surface area contributed by atoms with Crippen LogP contribution in [0, 0.1) is 5.92 Å². The van der Waals surface area contributed by atoms with Crippen molar-refractivity contribution in [1.82, 2.24) is 24.6 Å². The molecule has 1 atom stereocenters. The van der Waals surface area contributed by atoms with E-state index in [0.29, 0.717) is 17.7 Å². The van der Waals surface area contributed by atoms with Gasteiger partial charge in [0.1, 0.15) is 5.82 Å². The Morgan fingerprint density at radius 3 is 2.82 bits per heavy atom. The van der Waals surface area contributed by atoms with Crippen LogP contribution in [-0.4, -0.2) is 49.8 Å². The fourth-order valence-corrected chi connectivity index (χ4v) is 2.97. The quantitative estimate of drug-likeness (QED) is 0.893. The van der Waals surface area contributed by atoms with Crippen molar-refractivity contribution in [2.45, 2.75) is 32.7 Å². The molecule has 3 rings (SSSR count). The molecular formula is C15H25N7. The monoisotopic (exact) mass is 303 g/mol. The minimum Gasteiger partial charge on any atom is -0.383 e. The number of hydrogen-bond donors (Lipinski definition) is 2. The molecule has 3 N–H and O–H groups in total. The van der Waals surface area contributed by atoms with Crippen LogP contribution in [0.15, 0.2) is 6.20 Å². The fourth-order valence-electron chi connectivity index (χ4n) is 2.97. The molecule has 0 aromatic carbocycles. The Labute approximate surface area is 130 Å². The molecule has 1 aliphatic heterocycles. The number of nitrogens with zero attached hydrogens (tertiary/aromatic N) is 5. The Bertz CT molecular complexity index is 670. The number of aryl methyl sites for hydroxylation is 1. The summed E-state index contributed by atoms with van der Waals surface area (Å²) in [6, 6.07) is 0. The number of fused-ring (bicyclic) bond motifs is 1. The van der Waals surface area contributed by atoms with E-state index in [2.05, 4.69) is 46.1 Å². The third-order valence-corrected chi connectivity index (χ3v) is 4.40. The molecule has 22 heavy (non-hydrogen) atoms. The number of likely N-dealkylation sites (tertiary alicyclic amines) is 1. The number of nitrogens with two attached hydrogens (primary N) is 1. The molecule has 1 aliphatic rings. The first kappa shape index (κ1) is 15.0.